The van der Waals surface area contributed by atoms with Gasteiger partial charge < -0.3 is 10.1 Å². The Hall–Kier alpha value is -2.97. The van der Waals surface area contributed by atoms with Crippen LogP contribution in [0.4, 0.5) is 17.6 Å². The molecule has 0 aliphatic rings. The first-order chi connectivity index (χ1) is 14.0. The molecular weight excluding hydrogens is 404 g/mol. The van der Waals surface area contributed by atoms with Crippen molar-refractivity contribution in [3.63, 3.8) is 0 Å². The lowest BCUT2D eigenvalue weighted by atomic mass is 10.0. The van der Waals surface area contributed by atoms with E-state index in [1.165, 1.54) is 6.20 Å². The van der Waals surface area contributed by atoms with Gasteiger partial charge in [0.2, 0.25) is 0 Å². The van der Waals surface area contributed by atoms with Crippen molar-refractivity contribution in [3.8, 4) is 5.75 Å². The fourth-order valence-corrected chi connectivity index (χ4v) is 2.54. The number of amides is 1. The number of aromatic nitrogens is 1. The summed E-state index contributed by atoms with van der Waals surface area (Å²) in [5.74, 6) is -2.16. The van der Waals surface area contributed by atoms with Crippen molar-refractivity contribution in [2.75, 3.05) is 6.61 Å². The van der Waals surface area contributed by atoms with E-state index in [0.717, 1.165) is 18.2 Å². The van der Waals surface area contributed by atoms with E-state index in [1.807, 2.05) is 0 Å². The lowest BCUT2D eigenvalue weighted by Crippen LogP contribution is -2.27. The Labute approximate surface area is 171 Å². The van der Waals surface area contributed by atoms with E-state index in [0.29, 0.717) is 11.3 Å². The number of rotatable bonds is 8. The van der Waals surface area contributed by atoms with Gasteiger partial charge in [-0.2, -0.15) is 13.2 Å². The zero-order chi connectivity index (χ0) is 22.5. The van der Waals surface area contributed by atoms with Crippen LogP contribution in [0.3, 0.4) is 0 Å². The molecule has 1 aromatic carbocycles. The van der Waals surface area contributed by atoms with Crippen molar-refractivity contribution in [1.29, 1.82) is 0 Å². The molecule has 1 amide bonds. The summed E-state index contributed by atoms with van der Waals surface area (Å²) in [5.41, 5.74) is 0.908. The highest BCUT2D eigenvalue weighted by molar-refractivity contribution is 5.94. The number of carbonyl (C=O) groups is 2. The maximum absolute atomic E-state index is 14.2. The summed E-state index contributed by atoms with van der Waals surface area (Å²) in [7, 11) is 0. The van der Waals surface area contributed by atoms with Crippen molar-refractivity contribution in [1.82, 2.24) is 10.3 Å². The smallest absolute Gasteiger partial charge is 0.422 e. The molecule has 5 nitrogen and oxygen atoms in total. The molecule has 0 saturated carbocycles. The molecule has 1 aromatic heterocycles. The Balaban J connectivity index is 2.06. The Bertz CT molecular complexity index is 913. The summed E-state index contributed by atoms with van der Waals surface area (Å²) in [4.78, 5) is 28.4. The van der Waals surface area contributed by atoms with Gasteiger partial charge in [0.05, 0.1) is 11.6 Å². The second-order valence-electron chi connectivity index (χ2n) is 7.12. The third kappa shape index (κ3) is 6.82. The van der Waals surface area contributed by atoms with Crippen molar-refractivity contribution in [3.05, 3.63) is 59.2 Å². The number of pyridine rings is 1. The minimum absolute atomic E-state index is 0.0336. The van der Waals surface area contributed by atoms with E-state index in [2.05, 4.69) is 15.0 Å². The van der Waals surface area contributed by atoms with Crippen LogP contribution in [-0.2, 0) is 11.2 Å². The summed E-state index contributed by atoms with van der Waals surface area (Å²) in [6.45, 7) is 3.71. The minimum atomic E-state index is -4.55. The molecular formula is C21H22F4N2O3. The molecule has 30 heavy (non-hydrogen) atoms. The van der Waals surface area contributed by atoms with Gasteiger partial charge in [-0.3, -0.25) is 14.6 Å². The fraction of sp³-hybridized carbons (Fsp3) is 0.381. The summed E-state index contributed by atoms with van der Waals surface area (Å²) in [5, 5.41) is 2.62. The molecule has 1 atom stereocenters. The highest BCUT2D eigenvalue weighted by atomic mass is 19.4. The van der Waals surface area contributed by atoms with E-state index in [-0.39, 0.29) is 29.4 Å². The molecule has 1 unspecified atom stereocenters. The third-order valence-electron chi connectivity index (χ3n) is 4.28. The molecule has 1 N–H and O–H groups in total. The van der Waals surface area contributed by atoms with Gasteiger partial charge in [0.1, 0.15) is 17.3 Å². The van der Waals surface area contributed by atoms with Crippen molar-refractivity contribution >= 4 is 11.7 Å². The highest BCUT2D eigenvalue weighted by Crippen LogP contribution is 2.22. The molecule has 0 fully saturated rings. The van der Waals surface area contributed by atoms with Crippen LogP contribution < -0.4 is 10.1 Å². The van der Waals surface area contributed by atoms with E-state index in [9.17, 15) is 27.2 Å². The number of halogens is 4. The first-order valence-corrected chi connectivity index (χ1v) is 9.23. The number of hydrogen-bond donors (Lipinski definition) is 1. The van der Waals surface area contributed by atoms with Crippen LogP contribution in [0.1, 0.15) is 48.4 Å². The average molecular weight is 426 g/mol. The van der Waals surface area contributed by atoms with Crippen LogP contribution in [0.15, 0.2) is 36.5 Å². The van der Waals surface area contributed by atoms with Crippen molar-refractivity contribution in [2.45, 2.75) is 39.4 Å². The van der Waals surface area contributed by atoms with Gasteiger partial charge >= 0.3 is 6.18 Å². The lowest BCUT2D eigenvalue weighted by Gasteiger charge is -2.16. The predicted molar refractivity (Wildman–Crippen MR) is 102 cm³/mol. The van der Waals surface area contributed by atoms with E-state index in [1.54, 1.807) is 32.9 Å². The van der Waals surface area contributed by atoms with Gasteiger partial charge in [-0.15, -0.1) is 0 Å². The molecule has 2 rings (SSSR count). The summed E-state index contributed by atoms with van der Waals surface area (Å²) < 4.78 is 55.2. The molecule has 0 aliphatic carbocycles. The Morgan fingerprint density at radius 3 is 2.43 bits per heavy atom. The Morgan fingerprint density at radius 2 is 1.83 bits per heavy atom. The van der Waals surface area contributed by atoms with Gasteiger partial charge in [-0.05, 0) is 36.8 Å². The van der Waals surface area contributed by atoms with Crippen LogP contribution in [0.25, 0.3) is 0 Å². The number of hydrogen-bond acceptors (Lipinski definition) is 4. The van der Waals surface area contributed by atoms with Gasteiger partial charge in [0.15, 0.2) is 6.61 Å². The normalized spacial score (nSPS) is 12.5. The molecule has 9 heteroatoms. The van der Waals surface area contributed by atoms with Crippen LogP contribution in [0.2, 0.25) is 0 Å². The molecule has 0 bridgehead atoms. The van der Waals surface area contributed by atoms with Crippen LogP contribution in [0.5, 0.6) is 5.75 Å². The number of benzene rings is 1. The van der Waals surface area contributed by atoms with Crippen molar-refractivity contribution < 1.29 is 31.9 Å². The van der Waals surface area contributed by atoms with Gasteiger partial charge in [-0.25, -0.2) is 4.39 Å². The monoisotopic (exact) mass is 426 g/mol. The van der Waals surface area contributed by atoms with E-state index >= 15 is 0 Å². The second kappa shape index (κ2) is 9.69. The number of Topliss-reactive ketones (excluding diaryl/α,β-unsaturated/α-hetero) is 1. The number of nitrogens with zero attached hydrogens (tertiary/aromatic N) is 1. The van der Waals surface area contributed by atoms with Crippen LogP contribution in [0, 0.1) is 11.7 Å². The molecule has 0 spiro atoms. The maximum Gasteiger partial charge on any atom is 0.422 e. The number of nitrogens with one attached hydrogen (secondary N) is 1. The maximum atomic E-state index is 14.2. The van der Waals surface area contributed by atoms with E-state index < -0.39 is 30.5 Å². The zero-order valence-corrected chi connectivity index (χ0v) is 16.7. The molecule has 162 valence electrons. The number of ketones is 1. The third-order valence-corrected chi connectivity index (χ3v) is 4.28. The second-order valence-corrected chi connectivity index (χ2v) is 7.12. The standard InChI is InChI=1S/C21H22F4N2O3/c1-12(2)19(28)9-15-8-14(6-7-26-15)13(3)27-20(29)17-5-4-16(10-18(17)22)30-11-21(23,24)25/h4-8,10,12-13H,9,11H2,1-3H3,(H,27,29). The number of ether oxygens (including phenoxy) is 1. The Kier molecular flexibility index (Phi) is 7.53. The van der Waals surface area contributed by atoms with Crippen LogP contribution in [-0.4, -0.2) is 29.5 Å². The summed E-state index contributed by atoms with van der Waals surface area (Å²) in [6, 6.07) is 5.72. The van der Waals surface area contributed by atoms with Gasteiger partial charge in [0.25, 0.3) is 5.91 Å². The molecule has 0 saturated heterocycles. The quantitative estimate of drug-likeness (QED) is 0.635. The predicted octanol–water partition coefficient (Wildman–Crippen LogP) is 4.42. The molecule has 2 aromatic rings. The van der Waals surface area contributed by atoms with Gasteiger partial charge in [-0.1, -0.05) is 13.8 Å². The summed E-state index contributed by atoms with van der Waals surface area (Å²) in [6.07, 6.45) is -2.86. The minimum Gasteiger partial charge on any atom is -0.484 e. The van der Waals surface area contributed by atoms with E-state index in [4.69, 9.17) is 0 Å². The van der Waals surface area contributed by atoms with Gasteiger partial charge in [0, 0.05) is 30.3 Å². The topological polar surface area (TPSA) is 68.3 Å². The molecule has 1 heterocycles. The number of alkyl halides is 3. The average Bonchev–Trinajstić information content (AvgIpc) is 2.65. The van der Waals surface area contributed by atoms with Crippen molar-refractivity contribution in [2.24, 2.45) is 5.92 Å². The molecule has 0 aliphatic heterocycles. The summed E-state index contributed by atoms with van der Waals surface area (Å²) >= 11 is 0. The van der Waals surface area contributed by atoms with Crippen LogP contribution >= 0.6 is 0 Å². The lowest BCUT2D eigenvalue weighted by molar-refractivity contribution is -0.153. The SMILES string of the molecule is CC(C)C(=O)Cc1cc(C(C)NC(=O)c2ccc(OCC(F)(F)F)cc2F)ccn1. The first kappa shape index (κ1) is 23.3. The Morgan fingerprint density at radius 1 is 1.13 bits per heavy atom. The first-order valence-electron chi connectivity index (χ1n) is 9.23. The zero-order valence-electron chi connectivity index (χ0n) is 16.7. The fourth-order valence-electron chi connectivity index (χ4n) is 2.54. The largest absolute Gasteiger partial charge is 0.484 e. The number of carbonyl (C=O) groups excluding carboxylic acids is 2. The highest BCUT2D eigenvalue weighted by Gasteiger charge is 2.28. The molecule has 0 radical (unpaired) electrons.